The lowest BCUT2D eigenvalue weighted by molar-refractivity contribution is 0.299. The monoisotopic (exact) mass is 241 g/mol. The molecule has 2 heteroatoms. The molecule has 18 heavy (non-hydrogen) atoms. The summed E-state index contributed by atoms with van der Waals surface area (Å²) in [6.07, 6.45) is 0.708. The predicted molar refractivity (Wildman–Crippen MR) is 75.7 cm³/mol. The Labute approximate surface area is 108 Å². The zero-order valence-corrected chi connectivity index (χ0v) is 10.7. The van der Waals surface area contributed by atoms with Crippen LogP contribution in [-0.2, 0) is 13.0 Å². The van der Waals surface area contributed by atoms with Crippen molar-refractivity contribution in [3.8, 4) is 0 Å². The van der Waals surface area contributed by atoms with Crippen molar-refractivity contribution < 1.29 is 5.11 Å². The van der Waals surface area contributed by atoms with Crippen molar-refractivity contribution >= 4 is 5.69 Å². The van der Waals surface area contributed by atoms with Crippen LogP contribution in [0.3, 0.4) is 0 Å². The molecule has 0 aromatic heterocycles. The van der Waals surface area contributed by atoms with Gasteiger partial charge in [0.1, 0.15) is 0 Å². The molecule has 0 atom stereocenters. The van der Waals surface area contributed by atoms with E-state index in [-0.39, 0.29) is 6.61 Å². The van der Waals surface area contributed by atoms with Crippen LogP contribution in [0.2, 0.25) is 0 Å². The van der Waals surface area contributed by atoms with Gasteiger partial charge >= 0.3 is 0 Å². The van der Waals surface area contributed by atoms with Crippen LogP contribution in [0.5, 0.6) is 0 Å². The fourth-order valence-electron chi connectivity index (χ4n) is 1.97. The van der Waals surface area contributed by atoms with Crippen molar-refractivity contribution in [2.75, 3.05) is 11.9 Å². The SMILES string of the molecule is Cc1ccccc1CNc1cccc(CCO)c1. The molecule has 2 nitrogen and oxygen atoms in total. The molecule has 0 saturated heterocycles. The maximum atomic E-state index is 8.93. The highest BCUT2D eigenvalue weighted by molar-refractivity contribution is 5.46. The Hall–Kier alpha value is -1.80. The number of hydrogen-bond donors (Lipinski definition) is 2. The summed E-state index contributed by atoms with van der Waals surface area (Å²) in [5.74, 6) is 0. The lowest BCUT2D eigenvalue weighted by atomic mass is 10.1. The Morgan fingerprint density at radius 3 is 2.67 bits per heavy atom. The molecule has 0 fully saturated rings. The molecule has 2 rings (SSSR count). The summed E-state index contributed by atoms with van der Waals surface area (Å²) in [6, 6.07) is 16.6. The minimum Gasteiger partial charge on any atom is -0.396 e. The van der Waals surface area contributed by atoms with E-state index in [2.05, 4.69) is 48.6 Å². The third-order valence-corrected chi connectivity index (χ3v) is 3.07. The van der Waals surface area contributed by atoms with E-state index in [0.717, 1.165) is 17.8 Å². The third kappa shape index (κ3) is 3.34. The zero-order valence-electron chi connectivity index (χ0n) is 10.7. The molecule has 0 radical (unpaired) electrons. The average molecular weight is 241 g/mol. The summed E-state index contributed by atoms with van der Waals surface area (Å²) in [5.41, 5.74) is 4.87. The molecule has 0 spiro atoms. The van der Waals surface area contributed by atoms with Crippen molar-refractivity contribution in [3.05, 3.63) is 65.2 Å². The van der Waals surface area contributed by atoms with Crippen LogP contribution in [0.25, 0.3) is 0 Å². The van der Waals surface area contributed by atoms with Gasteiger partial charge in [-0.1, -0.05) is 36.4 Å². The minimum absolute atomic E-state index is 0.196. The van der Waals surface area contributed by atoms with Gasteiger partial charge in [-0.05, 0) is 42.2 Å². The number of aliphatic hydroxyl groups is 1. The van der Waals surface area contributed by atoms with E-state index in [9.17, 15) is 0 Å². The zero-order chi connectivity index (χ0) is 12.8. The fourth-order valence-corrected chi connectivity index (χ4v) is 1.97. The van der Waals surface area contributed by atoms with Gasteiger partial charge in [0, 0.05) is 18.8 Å². The highest BCUT2D eigenvalue weighted by Crippen LogP contribution is 2.14. The highest BCUT2D eigenvalue weighted by atomic mass is 16.2. The summed E-state index contributed by atoms with van der Waals surface area (Å²) in [6.45, 7) is 3.15. The van der Waals surface area contributed by atoms with Crippen LogP contribution in [0, 0.1) is 6.92 Å². The Kier molecular flexibility index (Phi) is 4.37. The Morgan fingerprint density at radius 1 is 1.06 bits per heavy atom. The van der Waals surface area contributed by atoms with Crippen LogP contribution in [0.4, 0.5) is 5.69 Å². The normalized spacial score (nSPS) is 10.3. The number of benzene rings is 2. The minimum atomic E-state index is 0.196. The summed E-state index contributed by atoms with van der Waals surface area (Å²) in [5, 5.41) is 12.4. The molecule has 0 saturated carbocycles. The molecule has 0 aliphatic heterocycles. The van der Waals surface area contributed by atoms with E-state index in [1.54, 1.807) is 0 Å². The van der Waals surface area contributed by atoms with Crippen LogP contribution < -0.4 is 5.32 Å². The smallest absolute Gasteiger partial charge is 0.0471 e. The topological polar surface area (TPSA) is 32.3 Å². The third-order valence-electron chi connectivity index (χ3n) is 3.07. The van der Waals surface area contributed by atoms with Crippen LogP contribution in [0.1, 0.15) is 16.7 Å². The van der Waals surface area contributed by atoms with Crippen molar-refractivity contribution in [1.82, 2.24) is 0 Å². The van der Waals surface area contributed by atoms with Gasteiger partial charge < -0.3 is 10.4 Å². The molecule has 0 bridgehead atoms. The number of aryl methyl sites for hydroxylation is 1. The van der Waals surface area contributed by atoms with Gasteiger partial charge in [-0.2, -0.15) is 0 Å². The summed E-state index contributed by atoms with van der Waals surface area (Å²) >= 11 is 0. The van der Waals surface area contributed by atoms with Crippen LogP contribution >= 0.6 is 0 Å². The molecular formula is C16H19NO. The number of rotatable bonds is 5. The standard InChI is InChI=1S/C16H19NO/c1-13-5-2-3-7-15(13)12-17-16-8-4-6-14(11-16)9-10-18/h2-8,11,17-18H,9-10,12H2,1H3. The van der Waals surface area contributed by atoms with E-state index in [1.165, 1.54) is 11.1 Å². The molecule has 0 heterocycles. The first-order valence-electron chi connectivity index (χ1n) is 6.28. The number of nitrogens with one attached hydrogen (secondary N) is 1. The predicted octanol–water partition coefficient (Wildman–Crippen LogP) is 3.14. The van der Waals surface area contributed by atoms with Gasteiger partial charge in [0.25, 0.3) is 0 Å². The van der Waals surface area contributed by atoms with E-state index in [4.69, 9.17) is 5.11 Å². The van der Waals surface area contributed by atoms with Gasteiger partial charge in [-0.3, -0.25) is 0 Å². The van der Waals surface area contributed by atoms with Gasteiger partial charge in [-0.25, -0.2) is 0 Å². The molecule has 0 unspecified atom stereocenters. The molecule has 0 amide bonds. The van der Waals surface area contributed by atoms with Gasteiger partial charge in [0.05, 0.1) is 0 Å². The second-order valence-corrected chi connectivity index (χ2v) is 4.45. The van der Waals surface area contributed by atoms with E-state index in [0.29, 0.717) is 6.42 Å². The maximum absolute atomic E-state index is 8.93. The molecule has 2 aromatic carbocycles. The fraction of sp³-hybridized carbons (Fsp3) is 0.250. The number of anilines is 1. The largest absolute Gasteiger partial charge is 0.396 e. The van der Waals surface area contributed by atoms with Crippen LogP contribution in [0.15, 0.2) is 48.5 Å². The molecular weight excluding hydrogens is 222 g/mol. The lowest BCUT2D eigenvalue weighted by Gasteiger charge is -2.10. The highest BCUT2D eigenvalue weighted by Gasteiger charge is 1.98. The van der Waals surface area contributed by atoms with E-state index in [1.807, 2.05) is 12.1 Å². The molecule has 0 aliphatic carbocycles. The van der Waals surface area contributed by atoms with Crippen LogP contribution in [-0.4, -0.2) is 11.7 Å². The Bertz CT molecular complexity index is 508. The van der Waals surface area contributed by atoms with E-state index < -0.39 is 0 Å². The van der Waals surface area contributed by atoms with E-state index >= 15 is 0 Å². The first-order chi connectivity index (χ1) is 8.79. The summed E-state index contributed by atoms with van der Waals surface area (Å²) in [4.78, 5) is 0. The maximum Gasteiger partial charge on any atom is 0.0471 e. The average Bonchev–Trinajstić information content (AvgIpc) is 2.39. The van der Waals surface area contributed by atoms with Crippen molar-refractivity contribution in [2.45, 2.75) is 19.9 Å². The number of aliphatic hydroxyl groups excluding tert-OH is 1. The lowest BCUT2D eigenvalue weighted by Crippen LogP contribution is -2.01. The number of hydrogen-bond acceptors (Lipinski definition) is 2. The first kappa shape index (κ1) is 12.7. The molecule has 94 valence electrons. The van der Waals surface area contributed by atoms with Crippen molar-refractivity contribution in [2.24, 2.45) is 0 Å². The van der Waals surface area contributed by atoms with Crippen molar-refractivity contribution in [1.29, 1.82) is 0 Å². The second kappa shape index (κ2) is 6.22. The summed E-state index contributed by atoms with van der Waals surface area (Å²) in [7, 11) is 0. The molecule has 2 N–H and O–H groups in total. The van der Waals surface area contributed by atoms with Gasteiger partial charge in [-0.15, -0.1) is 0 Å². The Balaban J connectivity index is 2.02. The first-order valence-corrected chi connectivity index (χ1v) is 6.28. The van der Waals surface area contributed by atoms with Gasteiger partial charge in [0.15, 0.2) is 0 Å². The molecule has 0 aliphatic rings. The molecule has 2 aromatic rings. The Morgan fingerprint density at radius 2 is 1.89 bits per heavy atom. The van der Waals surface area contributed by atoms with Crippen molar-refractivity contribution in [3.63, 3.8) is 0 Å². The second-order valence-electron chi connectivity index (χ2n) is 4.45. The summed E-state index contributed by atoms with van der Waals surface area (Å²) < 4.78 is 0. The van der Waals surface area contributed by atoms with Gasteiger partial charge in [0.2, 0.25) is 0 Å². The quantitative estimate of drug-likeness (QED) is 0.843.